The number of fused-ring (bicyclic) bond motifs is 2. The molecule has 0 bridgehead atoms. The summed E-state index contributed by atoms with van der Waals surface area (Å²) in [6.45, 7) is 9.18. The molecule has 10 rings (SSSR count). The number of hydrogen-bond donors (Lipinski definition) is 0. The summed E-state index contributed by atoms with van der Waals surface area (Å²) in [5.41, 5.74) is 13.8. The van der Waals surface area contributed by atoms with Gasteiger partial charge in [0.15, 0.2) is 0 Å². The molecular formula is C62H50Br2N2. The van der Waals surface area contributed by atoms with Crippen molar-refractivity contribution in [1.29, 1.82) is 0 Å². The Morgan fingerprint density at radius 2 is 0.561 bits per heavy atom. The molecule has 0 N–H and O–H groups in total. The second-order valence-electron chi connectivity index (χ2n) is 18.1. The summed E-state index contributed by atoms with van der Waals surface area (Å²) in [6, 6.07) is 84.0. The van der Waals surface area contributed by atoms with Gasteiger partial charge in [0.25, 0.3) is 0 Å². The van der Waals surface area contributed by atoms with Crippen LogP contribution >= 0.6 is 31.9 Å². The molecule has 0 heterocycles. The fourth-order valence-corrected chi connectivity index (χ4v) is 9.92. The zero-order valence-corrected chi connectivity index (χ0v) is 40.8. The van der Waals surface area contributed by atoms with Crippen LogP contribution in [0.5, 0.6) is 0 Å². The van der Waals surface area contributed by atoms with Crippen LogP contribution in [-0.2, 0) is 10.8 Å². The van der Waals surface area contributed by atoms with E-state index in [9.17, 15) is 0 Å². The Kier molecular flexibility index (Phi) is 11.7. The molecule has 0 saturated heterocycles. The highest BCUT2D eigenvalue weighted by molar-refractivity contribution is 9.10. The van der Waals surface area contributed by atoms with Gasteiger partial charge in [-0.25, -0.2) is 0 Å². The summed E-state index contributed by atoms with van der Waals surface area (Å²) >= 11 is 7.22. The predicted octanol–water partition coefficient (Wildman–Crippen LogP) is 18.8. The molecule has 0 radical (unpaired) electrons. The minimum atomic E-state index is -0.158. The summed E-state index contributed by atoms with van der Waals surface area (Å²) in [7, 11) is 0. The first-order valence-corrected chi connectivity index (χ1v) is 24.1. The highest BCUT2D eigenvalue weighted by atomic mass is 79.9. The molecule has 322 valence electrons. The van der Waals surface area contributed by atoms with Gasteiger partial charge in [-0.15, -0.1) is 0 Å². The van der Waals surface area contributed by atoms with Crippen molar-refractivity contribution in [1.82, 2.24) is 0 Å². The van der Waals surface area contributed by atoms with Crippen LogP contribution in [0.4, 0.5) is 34.1 Å². The second kappa shape index (κ2) is 17.9. The third-order valence-corrected chi connectivity index (χ3v) is 14.5. The number of anilines is 6. The Hall–Kier alpha value is -6.72. The molecule has 0 saturated carbocycles. The van der Waals surface area contributed by atoms with E-state index in [0.29, 0.717) is 0 Å². The van der Waals surface area contributed by atoms with Gasteiger partial charge in [0.2, 0.25) is 0 Å². The highest BCUT2D eigenvalue weighted by Crippen LogP contribution is 2.44. The zero-order chi connectivity index (χ0) is 45.4. The van der Waals surface area contributed by atoms with Gasteiger partial charge in [0.05, 0.1) is 11.4 Å². The van der Waals surface area contributed by atoms with E-state index < -0.39 is 0 Å². The van der Waals surface area contributed by atoms with E-state index in [4.69, 9.17) is 0 Å². The molecule has 2 nitrogen and oxygen atoms in total. The van der Waals surface area contributed by atoms with E-state index in [-0.39, 0.29) is 10.8 Å². The molecule has 0 atom stereocenters. The normalized spacial score (nSPS) is 11.8. The minimum absolute atomic E-state index is 0.158. The van der Waals surface area contributed by atoms with E-state index in [0.717, 1.165) is 54.2 Å². The molecule has 0 aliphatic rings. The van der Waals surface area contributed by atoms with Crippen molar-refractivity contribution in [3.05, 3.63) is 262 Å². The van der Waals surface area contributed by atoms with Gasteiger partial charge in [0.1, 0.15) is 0 Å². The van der Waals surface area contributed by atoms with E-state index in [1.807, 2.05) is 0 Å². The lowest BCUT2D eigenvalue weighted by Gasteiger charge is -2.30. The maximum absolute atomic E-state index is 3.61. The van der Waals surface area contributed by atoms with Crippen LogP contribution in [0.1, 0.15) is 49.9 Å². The standard InChI is InChI=1S/C62H50Br2N2/c1-61(2,47-23-31-51(63)32-24-47)49-27-39-55(40-28-49)65(59-17-9-13-45-11-5-7-15-57(45)59)53-35-19-43(20-36-53)44-21-37-54(38-22-44)66(60-18-10-14-46-12-6-8-16-58(46)60)56-41-29-50(30-42-56)62(3,4)48-25-33-52(64)34-26-48/h5-42H,1-4H3. The van der Waals surface area contributed by atoms with Crippen molar-refractivity contribution in [2.75, 3.05) is 9.80 Å². The van der Waals surface area contributed by atoms with E-state index in [1.54, 1.807) is 0 Å². The van der Waals surface area contributed by atoms with Gasteiger partial charge in [0, 0.05) is 53.3 Å². The maximum Gasteiger partial charge on any atom is 0.0540 e. The molecule has 66 heavy (non-hydrogen) atoms. The van der Waals surface area contributed by atoms with E-state index in [1.165, 1.54) is 43.8 Å². The molecule has 0 aliphatic carbocycles. The Morgan fingerprint density at radius 1 is 0.288 bits per heavy atom. The van der Waals surface area contributed by atoms with Gasteiger partial charge in [-0.3, -0.25) is 0 Å². The summed E-state index contributed by atoms with van der Waals surface area (Å²) in [4.78, 5) is 4.78. The molecule has 0 unspecified atom stereocenters. The summed E-state index contributed by atoms with van der Waals surface area (Å²) in [5.74, 6) is 0. The van der Waals surface area contributed by atoms with Crippen LogP contribution < -0.4 is 9.80 Å². The number of halogens is 2. The first-order valence-electron chi connectivity index (χ1n) is 22.5. The Morgan fingerprint density at radius 3 is 0.894 bits per heavy atom. The molecule has 0 spiro atoms. The Balaban J connectivity index is 0.990. The number of hydrogen-bond acceptors (Lipinski definition) is 2. The second-order valence-corrected chi connectivity index (χ2v) is 20.0. The smallest absolute Gasteiger partial charge is 0.0540 e. The predicted molar refractivity (Wildman–Crippen MR) is 289 cm³/mol. The molecule has 0 amide bonds. The number of rotatable bonds is 11. The maximum atomic E-state index is 3.61. The van der Waals surface area contributed by atoms with E-state index >= 15 is 0 Å². The fourth-order valence-electron chi connectivity index (χ4n) is 9.39. The average Bonchev–Trinajstić information content (AvgIpc) is 3.35. The lowest BCUT2D eigenvalue weighted by Crippen LogP contribution is -2.19. The number of benzene rings is 10. The molecule has 10 aromatic carbocycles. The summed E-state index contributed by atoms with van der Waals surface area (Å²) in [6.07, 6.45) is 0. The third-order valence-electron chi connectivity index (χ3n) is 13.4. The zero-order valence-electron chi connectivity index (χ0n) is 37.6. The van der Waals surface area contributed by atoms with Crippen LogP contribution in [-0.4, -0.2) is 0 Å². The lowest BCUT2D eigenvalue weighted by molar-refractivity contribution is 0.640. The monoisotopic (exact) mass is 980 g/mol. The molecule has 10 aromatic rings. The van der Waals surface area contributed by atoms with Crippen LogP contribution in [0.3, 0.4) is 0 Å². The van der Waals surface area contributed by atoms with Gasteiger partial charge in [-0.2, -0.15) is 0 Å². The molecule has 0 fully saturated rings. The third kappa shape index (κ3) is 8.36. The minimum Gasteiger partial charge on any atom is -0.310 e. The topological polar surface area (TPSA) is 6.48 Å². The van der Waals surface area contributed by atoms with Crippen LogP contribution in [0.15, 0.2) is 239 Å². The first kappa shape index (κ1) is 43.2. The summed E-state index contributed by atoms with van der Waals surface area (Å²) in [5, 5.41) is 4.83. The Labute approximate surface area is 406 Å². The number of nitrogens with zero attached hydrogens (tertiary/aromatic N) is 2. The van der Waals surface area contributed by atoms with E-state index in [2.05, 4.69) is 300 Å². The fraction of sp³-hybridized carbons (Fsp3) is 0.0968. The van der Waals surface area contributed by atoms with Crippen molar-refractivity contribution in [2.45, 2.75) is 38.5 Å². The molecule has 0 aromatic heterocycles. The van der Waals surface area contributed by atoms with Crippen molar-refractivity contribution in [2.24, 2.45) is 0 Å². The van der Waals surface area contributed by atoms with Crippen LogP contribution in [0.25, 0.3) is 32.7 Å². The average molecular weight is 983 g/mol. The van der Waals surface area contributed by atoms with Crippen molar-refractivity contribution in [3.63, 3.8) is 0 Å². The lowest BCUT2D eigenvalue weighted by atomic mass is 9.78. The quantitative estimate of drug-likeness (QED) is 0.127. The van der Waals surface area contributed by atoms with Gasteiger partial charge in [-0.1, -0.05) is 205 Å². The van der Waals surface area contributed by atoms with Crippen molar-refractivity contribution in [3.8, 4) is 11.1 Å². The van der Waals surface area contributed by atoms with Crippen LogP contribution in [0, 0.1) is 0 Å². The molecular weight excluding hydrogens is 933 g/mol. The SMILES string of the molecule is CC(C)(c1ccc(Br)cc1)c1ccc(N(c2ccc(-c3ccc(N(c4ccc(C(C)(C)c5ccc(Br)cc5)cc4)c4cccc5ccccc45)cc3)cc2)c2cccc3ccccc23)cc1. The van der Waals surface area contributed by atoms with Crippen molar-refractivity contribution >= 4 is 87.5 Å². The largest absolute Gasteiger partial charge is 0.310 e. The summed E-state index contributed by atoms with van der Waals surface area (Å²) < 4.78 is 2.18. The first-order chi connectivity index (χ1) is 32.0. The van der Waals surface area contributed by atoms with Gasteiger partial charge < -0.3 is 9.80 Å². The molecule has 0 aliphatic heterocycles. The van der Waals surface area contributed by atoms with Crippen molar-refractivity contribution < 1.29 is 0 Å². The van der Waals surface area contributed by atoms with Gasteiger partial charge >= 0.3 is 0 Å². The van der Waals surface area contributed by atoms with Crippen LogP contribution in [0.2, 0.25) is 0 Å². The Bertz CT molecular complexity index is 3050. The van der Waals surface area contributed by atoms with Gasteiger partial charge in [-0.05, 0) is 129 Å². The highest BCUT2D eigenvalue weighted by Gasteiger charge is 2.26. The molecule has 4 heteroatoms.